The zero-order valence-electron chi connectivity index (χ0n) is 9.25. The Morgan fingerprint density at radius 2 is 2.14 bits per heavy atom. The minimum absolute atomic E-state index is 0.575. The third-order valence-corrected chi connectivity index (χ3v) is 4.03. The first-order chi connectivity index (χ1) is 6.72. The van der Waals surface area contributed by atoms with E-state index >= 15 is 0 Å². The number of rotatable bonds is 2. The van der Waals surface area contributed by atoms with E-state index in [0.717, 1.165) is 11.9 Å². The molecule has 0 amide bonds. The smallest absolute Gasteiger partial charge is 0.0392 e. The molecule has 0 aromatic carbocycles. The molecule has 2 saturated heterocycles. The van der Waals surface area contributed by atoms with E-state index in [4.69, 9.17) is 11.6 Å². The van der Waals surface area contributed by atoms with E-state index in [9.17, 15) is 0 Å². The maximum absolute atomic E-state index is 6.04. The van der Waals surface area contributed by atoms with Crippen LogP contribution in [0.15, 0.2) is 0 Å². The minimum Gasteiger partial charge on any atom is -0.298 e. The summed E-state index contributed by atoms with van der Waals surface area (Å²) in [6.45, 7) is 8.28. The Kier molecular flexibility index (Phi) is 3.35. The molecule has 0 aromatic heterocycles. The van der Waals surface area contributed by atoms with E-state index in [1.165, 1.54) is 32.5 Å². The molecule has 0 aliphatic carbocycles. The number of halogens is 1. The summed E-state index contributed by atoms with van der Waals surface area (Å²) >= 11 is 6.04. The van der Waals surface area contributed by atoms with Crippen LogP contribution in [-0.2, 0) is 0 Å². The van der Waals surface area contributed by atoms with Crippen molar-refractivity contribution in [2.24, 2.45) is 0 Å². The van der Waals surface area contributed by atoms with Crippen molar-refractivity contribution >= 4 is 11.6 Å². The van der Waals surface area contributed by atoms with Crippen molar-refractivity contribution in [2.45, 2.75) is 44.8 Å². The fraction of sp³-hybridized carbons (Fsp3) is 1.00. The van der Waals surface area contributed by atoms with Crippen LogP contribution in [0.2, 0.25) is 0 Å². The Balaban J connectivity index is 2.03. The Hall–Kier alpha value is 0.210. The Bertz CT molecular complexity index is 196. The highest BCUT2D eigenvalue weighted by atomic mass is 35.5. The molecule has 2 atom stereocenters. The number of hydrogen-bond acceptors (Lipinski definition) is 2. The Morgan fingerprint density at radius 3 is 2.79 bits per heavy atom. The van der Waals surface area contributed by atoms with Crippen molar-refractivity contribution in [1.29, 1.82) is 0 Å². The van der Waals surface area contributed by atoms with Crippen molar-refractivity contribution in [3.8, 4) is 0 Å². The van der Waals surface area contributed by atoms with E-state index in [0.29, 0.717) is 12.1 Å². The minimum atomic E-state index is 0.575. The van der Waals surface area contributed by atoms with Gasteiger partial charge in [0.25, 0.3) is 0 Å². The molecular weight excluding hydrogens is 196 g/mol. The summed E-state index contributed by atoms with van der Waals surface area (Å²) in [6, 6.07) is 2.03. The fourth-order valence-electron chi connectivity index (χ4n) is 2.88. The van der Waals surface area contributed by atoms with E-state index in [1.54, 1.807) is 0 Å². The van der Waals surface area contributed by atoms with Crippen molar-refractivity contribution < 1.29 is 0 Å². The van der Waals surface area contributed by atoms with Gasteiger partial charge >= 0.3 is 0 Å². The first kappa shape index (κ1) is 10.7. The standard InChI is InChI=1S/C11H21ClN2/c1-9(2)14-8-10-4-3-5-13(10)7-11(14)6-12/h9-11H,3-8H2,1-2H3. The van der Waals surface area contributed by atoms with Gasteiger partial charge in [-0.05, 0) is 33.2 Å². The molecule has 0 N–H and O–H groups in total. The number of alkyl halides is 1. The summed E-state index contributed by atoms with van der Waals surface area (Å²) in [5, 5.41) is 0. The summed E-state index contributed by atoms with van der Waals surface area (Å²) in [7, 11) is 0. The highest BCUT2D eigenvalue weighted by Gasteiger charge is 2.36. The molecule has 2 unspecified atom stereocenters. The fourth-order valence-corrected chi connectivity index (χ4v) is 3.16. The molecule has 0 saturated carbocycles. The maximum Gasteiger partial charge on any atom is 0.0392 e. The van der Waals surface area contributed by atoms with Crippen LogP contribution in [0.25, 0.3) is 0 Å². The van der Waals surface area contributed by atoms with Crippen LogP contribution in [0.4, 0.5) is 0 Å². The zero-order chi connectivity index (χ0) is 10.1. The van der Waals surface area contributed by atoms with E-state index in [-0.39, 0.29) is 0 Å². The van der Waals surface area contributed by atoms with Crippen LogP contribution >= 0.6 is 11.6 Å². The van der Waals surface area contributed by atoms with Gasteiger partial charge in [-0.1, -0.05) is 0 Å². The molecule has 2 fully saturated rings. The number of nitrogens with zero attached hydrogens (tertiary/aromatic N) is 2. The largest absolute Gasteiger partial charge is 0.298 e. The zero-order valence-corrected chi connectivity index (χ0v) is 10.0. The summed E-state index contributed by atoms with van der Waals surface area (Å²) < 4.78 is 0. The SMILES string of the molecule is CC(C)N1CC2CCCN2CC1CCl. The molecule has 2 aliphatic heterocycles. The van der Waals surface area contributed by atoms with E-state index in [1.807, 2.05) is 0 Å². The molecule has 2 heterocycles. The third-order valence-electron chi connectivity index (χ3n) is 3.68. The molecule has 0 spiro atoms. The van der Waals surface area contributed by atoms with Crippen LogP contribution in [0.5, 0.6) is 0 Å². The van der Waals surface area contributed by atoms with Gasteiger partial charge in [0.1, 0.15) is 0 Å². The molecule has 0 bridgehead atoms. The predicted molar refractivity (Wildman–Crippen MR) is 60.9 cm³/mol. The predicted octanol–water partition coefficient (Wildman–Crippen LogP) is 1.78. The lowest BCUT2D eigenvalue weighted by atomic mass is 10.1. The van der Waals surface area contributed by atoms with E-state index in [2.05, 4.69) is 23.6 Å². The molecule has 14 heavy (non-hydrogen) atoms. The van der Waals surface area contributed by atoms with Crippen LogP contribution in [0.3, 0.4) is 0 Å². The molecule has 0 aromatic rings. The van der Waals surface area contributed by atoms with Gasteiger partial charge in [-0.25, -0.2) is 0 Å². The average molecular weight is 217 g/mol. The maximum atomic E-state index is 6.04. The molecule has 2 aliphatic rings. The lowest BCUT2D eigenvalue weighted by Gasteiger charge is -2.45. The highest BCUT2D eigenvalue weighted by molar-refractivity contribution is 6.18. The van der Waals surface area contributed by atoms with Crippen LogP contribution in [0, 0.1) is 0 Å². The van der Waals surface area contributed by atoms with Gasteiger partial charge in [0, 0.05) is 37.1 Å². The van der Waals surface area contributed by atoms with Crippen molar-refractivity contribution in [3.63, 3.8) is 0 Å². The van der Waals surface area contributed by atoms with Gasteiger partial charge in [0.15, 0.2) is 0 Å². The van der Waals surface area contributed by atoms with Crippen molar-refractivity contribution in [1.82, 2.24) is 9.80 Å². The van der Waals surface area contributed by atoms with Crippen LogP contribution in [-0.4, -0.2) is 53.4 Å². The van der Waals surface area contributed by atoms with Gasteiger partial charge in [-0.3, -0.25) is 9.80 Å². The first-order valence-electron chi connectivity index (χ1n) is 5.78. The highest BCUT2D eigenvalue weighted by Crippen LogP contribution is 2.26. The first-order valence-corrected chi connectivity index (χ1v) is 6.31. The van der Waals surface area contributed by atoms with Crippen LogP contribution in [0.1, 0.15) is 26.7 Å². The van der Waals surface area contributed by atoms with Gasteiger partial charge in [0.2, 0.25) is 0 Å². The van der Waals surface area contributed by atoms with Gasteiger partial charge < -0.3 is 0 Å². The summed E-state index contributed by atoms with van der Waals surface area (Å²) in [5.74, 6) is 0.779. The molecule has 0 radical (unpaired) electrons. The lowest BCUT2D eigenvalue weighted by molar-refractivity contribution is 0.0398. The van der Waals surface area contributed by atoms with Crippen LogP contribution < -0.4 is 0 Å². The monoisotopic (exact) mass is 216 g/mol. The van der Waals surface area contributed by atoms with E-state index < -0.39 is 0 Å². The Morgan fingerprint density at radius 1 is 1.36 bits per heavy atom. The molecule has 82 valence electrons. The summed E-state index contributed by atoms with van der Waals surface area (Å²) in [4.78, 5) is 5.21. The summed E-state index contributed by atoms with van der Waals surface area (Å²) in [5.41, 5.74) is 0. The number of piperazine rings is 1. The topological polar surface area (TPSA) is 6.48 Å². The van der Waals surface area contributed by atoms with Gasteiger partial charge in [-0.2, -0.15) is 0 Å². The third kappa shape index (κ3) is 1.93. The van der Waals surface area contributed by atoms with Gasteiger partial charge in [0.05, 0.1) is 0 Å². The quantitative estimate of drug-likeness (QED) is 0.650. The molecular formula is C11H21ClN2. The van der Waals surface area contributed by atoms with Gasteiger partial charge in [-0.15, -0.1) is 11.6 Å². The number of fused-ring (bicyclic) bond motifs is 1. The van der Waals surface area contributed by atoms with Crippen molar-refractivity contribution in [2.75, 3.05) is 25.5 Å². The summed E-state index contributed by atoms with van der Waals surface area (Å²) in [6.07, 6.45) is 2.77. The second-order valence-electron chi connectivity index (χ2n) is 4.89. The molecule has 2 rings (SSSR count). The second-order valence-corrected chi connectivity index (χ2v) is 5.20. The second kappa shape index (κ2) is 4.38. The average Bonchev–Trinajstić information content (AvgIpc) is 2.62. The lowest BCUT2D eigenvalue weighted by Crippen LogP contribution is -2.58. The molecule has 3 heteroatoms. The normalized spacial score (nSPS) is 35.1. The Labute approximate surface area is 92.2 Å². The molecule has 2 nitrogen and oxygen atoms in total. The number of hydrogen-bond donors (Lipinski definition) is 0. The van der Waals surface area contributed by atoms with Crippen molar-refractivity contribution in [3.05, 3.63) is 0 Å².